The van der Waals surface area contributed by atoms with Crippen molar-refractivity contribution in [3.8, 4) is 0 Å². The summed E-state index contributed by atoms with van der Waals surface area (Å²) in [5.74, 6) is -0.764. The van der Waals surface area contributed by atoms with Crippen LogP contribution in [0.1, 0.15) is 123 Å². The molecule has 1 unspecified atom stereocenters. The third kappa shape index (κ3) is 19.3. The number of aliphatic carboxylic acids is 1. The van der Waals surface area contributed by atoms with Crippen molar-refractivity contribution < 1.29 is 19.4 Å². The van der Waals surface area contributed by atoms with E-state index in [2.05, 4.69) is 6.92 Å². The Bertz CT molecular complexity index is 341. The lowest BCUT2D eigenvalue weighted by Gasteiger charge is -2.13. The van der Waals surface area contributed by atoms with Crippen LogP contribution in [0.3, 0.4) is 0 Å². The second kappa shape index (κ2) is 18.7. The Kier molecular flexibility index (Phi) is 18.0. The van der Waals surface area contributed by atoms with Gasteiger partial charge in [-0.05, 0) is 32.6 Å². The monoisotopic (exact) mass is 370 g/mol. The fourth-order valence-electron chi connectivity index (χ4n) is 3.16. The maximum atomic E-state index is 11.8. The first kappa shape index (κ1) is 24.9. The molecule has 0 heterocycles. The van der Waals surface area contributed by atoms with E-state index in [4.69, 9.17) is 9.84 Å². The molecule has 26 heavy (non-hydrogen) atoms. The molecule has 0 bridgehead atoms. The summed E-state index contributed by atoms with van der Waals surface area (Å²) in [6, 6.07) is 0. The van der Waals surface area contributed by atoms with Crippen molar-refractivity contribution in [2.24, 2.45) is 0 Å². The number of carbonyl (C=O) groups excluding carboxylic acids is 1. The second-order valence-corrected chi connectivity index (χ2v) is 7.58. The summed E-state index contributed by atoms with van der Waals surface area (Å²) >= 11 is 0. The smallest absolute Gasteiger partial charge is 0.306 e. The minimum atomic E-state index is -0.711. The first-order chi connectivity index (χ1) is 12.6. The number of hydrogen-bond acceptors (Lipinski definition) is 3. The third-order valence-electron chi connectivity index (χ3n) is 4.82. The Labute approximate surface area is 161 Å². The van der Waals surface area contributed by atoms with Crippen molar-refractivity contribution >= 4 is 11.9 Å². The Hall–Kier alpha value is -1.06. The van der Waals surface area contributed by atoms with Crippen LogP contribution in [0.4, 0.5) is 0 Å². The fourth-order valence-corrected chi connectivity index (χ4v) is 3.16. The van der Waals surface area contributed by atoms with E-state index in [0.717, 1.165) is 51.4 Å². The van der Waals surface area contributed by atoms with Gasteiger partial charge in [-0.1, -0.05) is 77.6 Å². The molecule has 0 aliphatic rings. The molecule has 0 aromatic rings. The minimum absolute atomic E-state index is 0.0000789. The molecule has 0 aromatic heterocycles. The number of rotatable bonds is 19. The molecule has 0 saturated heterocycles. The molecule has 0 radical (unpaired) electrons. The van der Waals surface area contributed by atoms with E-state index in [0.29, 0.717) is 6.42 Å². The quantitative estimate of drug-likeness (QED) is 0.204. The van der Waals surface area contributed by atoms with Gasteiger partial charge in [0.1, 0.15) is 0 Å². The lowest BCUT2D eigenvalue weighted by molar-refractivity contribution is -0.148. The lowest BCUT2D eigenvalue weighted by Crippen LogP contribution is -2.14. The van der Waals surface area contributed by atoms with Crippen LogP contribution in [-0.4, -0.2) is 23.1 Å². The number of carboxylic acid groups (broad SMARTS) is 1. The van der Waals surface area contributed by atoms with Gasteiger partial charge in [-0.2, -0.15) is 0 Å². The summed E-state index contributed by atoms with van der Waals surface area (Å²) in [4.78, 5) is 22.2. The van der Waals surface area contributed by atoms with E-state index in [-0.39, 0.29) is 18.5 Å². The standard InChI is InChI=1S/C22H42O4/c1-3-4-5-6-7-8-9-13-16-19-22(25)26-20(2)17-14-11-10-12-15-18-21(23)24/h20H,3-19H2,1-2H3,(H,23,24). The van der Waals surface area contributed by atoms with Crippen LogP contribution in [0.15, 0.2) is 0 Å². The summed E-state index contributed by atoms with van der Waals surface area (Å²) in [6.45, 7) is 4.21. The lowest BCUT2D eigenvalue weighted by atomic mass is 10.1. The van der Waals surface area contributed by atoms with Gasteiger partial charge < -0.3 is 9.84 Å². The van der Waals surface area contributed by atoms with Crippen LogP contribution < -0.4 is 0 Å². The van der Waals surface area contributed by atoms with Gasteiger partial charge in [0.25, 0.3) is 0 Å². The normalized spacial score (nSPS) is 12.1. The molecule has 1 atom stereocenters. The highest BCUT2D eigenvalue weighted by atomic mass is 16.5. The molecule has 4 heteroatoms. The predicted molar refractivity (Wildman–Crippen MR) is 107 cm³/mol. The van der Waals surface area contributed by atoms with Crippen LogP contribution in [-0.2, 0) is 14.3 Å². The van der Waals surface area contributed by atoms with Gasteiger partial charge >= 0.3 is 11.9 Å². The molecule has 0 saturated carbocycles. The molecular weight excluding hydrogens is 328 g/mol. The Morgan fingerprint density at radius 1 is 0.731 bits per heavy atom. The van der Waals surface area contributed by atoms with Gasteiger partial charge in [-0.15, -0.1) is 0 Å². The molecular formula is C22H42O4. The summed E-state index contributed by atoms with van der Waals surface area (Å²) in [5, 5.41) is 8.57. The van der Waals surface area contributed by atoms with Crippen LogP contribution in [0, 0.1) is 0 Å². The highest BCUT2D eigenvalue weighted by Crippen LogP contribution is 2.13. The van der Waals surface area contributed by atoms with Crippen molar-refractivity contribution in [3.63, 3.8) is 0 Å². The van der Waals surface area contributed by atoms with E-state index in [9.17, 15) is 9.59 Å². The van der Waals surface area contributed by atoms with E-state index in [1.807, 2.05) is 6.92 Å². The summed E-state index contributed by atoms with van der Waals surface area (Å²) in [7, 11) is 0. The second-order valence-electron chi connectivity index (χ2n) is 7.58. The topological polar surface area (TPSA) is 63.6 Å². The zero-order chi connectivity index (χ0) is 19.5. The largest absolute Gasteiger partial charge is 0.481 e. The maximum absolute atomic E-state index is 11.8. The summed E-state index contributed by atoms with van der Waals surface area (Å²) in [6.07, 6.45) is 18.0. The van der Waals surface area contributed by atoms with Gasteiger partial charge in [0.15, 0.2) is 0 Å². The van der Waals surface area contributed by atoms with E-state index in [1.165, 1.54) is 44.9 Å². The molecule has 1 N–H and O–H groups in total. The predicted octanol–water partition coefficient (Wildman–Crippen LogP) is 6.65. The van der Waals surface area contributed by atoms with Crippen LogP contribution in [0.25, 0.3) is 0 Å². The average molecular weight is 371 g/mol. The number of carbonyl (C=O) groups is 2. The third-order valence-corrected chi connectivity index (χ3v) is 4.82. The van der Waals surface area contributed by atoms with E-state index < -0.39 is 5.97 Å². The number of hydrogen-bond donors (Lipinski definition) is 1. The zero-order valence-corrected chi connectivity index (χ0v) is 17.3. The van der Waals surface area contributed by atoms with E-state index in [1.54, 1.807) is 0 Å². The molecule has 154 valence electrons. The van der Waals surface area contributed by atoms with Gasteiger partial charge in [-0.3, -0.25) is 9.59 Å². The minimum Gasteiger partial charge on any atom is -0.481 e. The molecule has 0 aliphatic carbocycles. The number of carboxylic acids is 1. The van der Waals surface area contributed by atoms with Crippen molar-refractivity contribution in [1.29, 1.82) is 0 Å². The summed E-state index contributed by atoms with van der Waals surface area (Å²) < 4.78 is 5.46. The summed E-state index contributed by atoms with van der Waals surface area (Å²) in [5.41, 5.74) is 0. The van der Waals surface area contributed by atoms with Gasteiger partial charge in [0, 0.05) is 12.8 Å². The Morgan fingerprint density at radius 2 is 1.19 bits per heavy atom. The molecule has 0 rings (SSSR count). The molecule has 0 aliphatic heterocycles. The SMILES string of the molecule is CCCCCCCCCCCC(=O)OC(C)CCCCCCCC(=O)O. The van der Waals surface area contributed by atoms with Gasteiger partial charge in [-0.25, -0.2) is 0 Å². The van der Waals surface area contributed by atoms with Crippen molar-refractivity contribution in [3.05, 3.63) is 0 Å². The van der Waals surface area contributed by atoms with Crippen LogP contribution in [0.2, 0.25) is 0 Å². The molecule has 0 spiro atoms. The number of esters is 1. The molecule has 4 nitrogen and oxygen atoms in total. The van der Waals surface area contributed by atoms with Gasteiger partial charge in [0.05, 0.1) is 6.10 Å². The van der Waals surface area contributed by atoms with Crippen LogP contribution >= 0.6 is 0 Å². The first-order valence-corrected chi connectivity index (χ1v) is 11.0. The highest BCUT2D eigenvalue weighted by molar-refractivity contribution is 5.69. The maximum Gasteiger partial charge on any atom is 0.306 e. The van der Waals surface area contributed by atoms with Gasteiger partial charge in [0.2, 0.25) is 0 Å². The number of unbranched alkanes of at least 4 members (excludes halogenated alkanes) is 12. The molecule has 0 aromatic carbocycles. The van der Waals surface area contributed by atoms with Crippen molar-refractivity contribution in [1.82, 2.24) is 0 Å². The Morgan fingerprint density at radius 3 is 1.73 bits per heavy atom. The average Bonchev–Trinajstić information content (AvgIpc) is 2.59. The van der Waals surface area contributed by atoms with E-state index >= 15 is 0 Å². The van der Waals surface area contributed by atoms with Crippen molar-refractivity contribution in [2.75, 3.05) is 0 Å². The molecule has 0 amide bonds. The van der Waals surface area contributed by atoms with Crippen molar-refractivity contribution in [2.45, 2.75) is 129 Å². The Balaban J connectivity index is 3.36. The first-order valence-electron chi connectivity index (χ1n) is 11.0. The molecule has 0 fully saturated rings. The highest BCUT2D eigenvalue weighted by Gasteiger charge is 2.09. The number of ether oxygens (including phenoxy) is 1. The van der Waals surface area contributed by atoms with Crippen LogP contribution in [0.5, 0.6) is 0 Å². The fraction of sp³-hybridized carbons (Fsp3) is 0.909. The zero-order valence-electron chi connectivity index (χ0n) is 17.3.